The average Bonchev–Trinajstić information content (AvgIpc) is 3.23. The molecule has 122 valence electrons. The fourth-order valence-corrected chi connectivity index (χ4v) is 4.39. The quantitative estimate of drug-likeness (QED) is 0.821. The molecule has 1 saturated carbocycles. The summed E-state index contributed by atoms with van der Waals surface area (Å²) in [6.07, 6.45) is 1.73. The Labute approximate surface area is 143 Å². The number of carbonyl (C=O) groups excluding carboxylic acids is 1. The Kier molecular flexibility index (Phi) is 4.72. The van der Waals surface area contributed by atoms with Crippen molar-refractivity contribution in [2.45, 2.75) is 30.3 Å². The SMILES string of the molecule is O=C(NCc1ccc(Cl)s1)c1cccc(S(=O)(=O)NC2CC2)c1. The number of hydrogen-bond acceptors (Lipinski definition) is 4. The second-order valence-electron chi connectivity index (χ2n) is 5.31. The van der Waals surface area contributed by atoms with Gasteiger partial charge in [-0.15, -0.1) is 11.3 Å². The van der Waals surface area contributed by atoms with Gasteiger partial charge in [-0.25, -0.2) is 13.1 Å². The Morgan fingerprint density at radius 3 is 2.70 bits per heavy atom. The van der Waals surface area contributed by atoms with Gasteiger partial charge < -0.3 is 5.32 Å². The second kappa shape index (κ2) is 6.60. The highest BCUT2D eigenvalue weighted by Crippen LogP contribution is 2.23. The Morgan fingerprint density at radius 1 is 1.26 bits per heavy atom. The number of benzene rings is 1. The van der Waals surface area contributed by atoms with Crippen molar-refractivity contribution in [3.8, 4) is 0 Å². The van der Waals surface area contributed by atoms with Crippen LogP contribution in [-0.4, -0.2) is 20.4 Å². The van der Waals surface area contributed by atoms with E-state index >= 15 is 0 Å². The monoisotopic (exact) mass is 370 g/mol. The summed E-state index contributed by atoms with van der Waals surface area (Å²) in [7, 11) is -3.56. The molecule has 0 unspecified atom stereocenters. The molecule has 1 heterocycles. The average molecular weight is 371 g/mol. The van der Waals surface area contributed by atoms with E-state index in [1.807, 2.05) is 6.07 Å². The number of hydrogen-bond donors (Lipinski definition) is 2. The van der Waals surface area contributed by atoms with Crippen LogP contribution in [0.4, 0.5) is 0 Å². The number of rotatable bonds is 6. The minimum Gasteiger partial charge on any atom is -0.347 e. The van der Waals surface area contributed by atoms with Crippen molar-refractivity contribution < 1.29 is 13.2 Å². The van der Waals surface area contributed by atoms with Gasteiger partial charge in [-0.2, -0.15) is 0 Å². The molecule has 8 heteroatoms. The molecule has 1 aliphatic rings. The van der Waals surface area contributed by atoms with Gasteiger partial charge in [0.05, 0.1) is 15.8 Å². The van der Waals surface area contributed by atoms with Crippen LogP contribution in [0, 0.1) is 0 Å². The standard InChI is InChI=1S/C15H15ClN2O3S2/c16-14-7-6-12(22-14)9-17-15(19)10-2-1-3-13(8-10)23(20,21)18-11-4-5-11/h1-3,6-8,11,18H,4-5,9H2,(H,17,19). The Hall–Kier alpha value is -1.41. The van der Waals surface area contributed by atoms with Crippen molar-refractivity contribution in [1.82, 2.24) is 10.0 Å². The predicted octanol–water partition coefficient (Wildman–Crippen LogP) is 2.77. The minimum absolute atomic E-state index is 0.0288. The van der Waals surface area contributed by atoms with Crippen molar-refractivity contribution in [3.05, 3.63) is 51.2 Å². The lowest BCUT2D eigenvalue weighted by Crippen LogP contribution is -2.26. The van der Waals surface area contributed by atoms with E-state index in [9.17, 15) is 13.2 Å². The van der Waals surface area contributed by atoms with Crippen molar-refractivity contribution in [3.63, 3.8) is 0 Å². The third kappa shape index (κ3) is 4.32. The van der Waals surface area contributed by atoms with Gasteiger partial charge >= 0.3 is 0 Å². The van der Waals surface area contributed by atoms with Crippen LogP contribution < -0.4 is 10.0 Å². The number of nitrogens with one attached hydrogen (secondary N) is 2. The topological polar surface area (TPSA) is 75.3 Å². The van der Waals surface area contributed by atoms with E-state index in [0.717, 1.165) is 17.7 Å². The summed E-state index contributed by atoms with van der Waals surface area (Å²) < 4.78 is 27.6. The zero-order chi connectivity index (χ0) is 16.4. The smallest absolute Gasteiger partial charge is 0.251 e. The molecule has 0 aliphatic heterocycles. The van der Waals surface area contributed by atoms with Crippen LogP contribution in [-0.2, 0) is 16.6 Å². The van der Waals surface area contributed by atoms with Crippen LogP contribution in [0.15, 0.2) is 41.3 Å². The highest BCUT2D eigenvalue weighted by Gasteiger charge is 2.28. The first-order valence-corrected chi connectivity index (χ1v) is 9.76. The summed E-state index contributed by atoms with van der Waals surface area (Å²) in [5.41, 5.74) is 0.311. The fraction of sp³-hybridized carbons (Fsp3) is 0.267. The molecule has 1 amide bonds. The number of sulfonamides is 1. The van der Waals surface area contributed by atoms with Gasteiger partial charge in [-0.1, -0.05) is 17.7 Å². The fourth-order valence-electron chi connectivity index (χ4n) is 2.01. The molecule has 2 N–H and O–H groups in total. The number of amides is 1. The van der Waals surface area contributed by atoms with E-state index in [4.69, 9.17) is 11.6 Å². The van der Waals surface area contributed by atoms with Gasteiger partial charge in [0.25, 0.3) is 5.91 Å². The van der Waals surface area contributed by atoms with Crippen LogP contribution in [0.2, 0.25) is 4.34 Å². The Morgan fingerprint density at radius 2 is 2.04 bits per heavy atom. The Balaban J connectivity index is 1.69. The molecule has 0 saturated heterocycles. The molecule has 0 spiro atoms. The van der Waals surface area contributed by atoms with E-state index in [2.05, 4.69) is 10.0 Å². The first-order chi connectivity index (χ1) is 10.9. The van der Waals surface area contributed by atoms with Crippen LogP contribution in [0.25, 0.3) is 0 Å². The normalized spacial score (nSPS) is 14.7. The summed E-state index contributed by atoms with van der Waals surface area (Å²) in [4.78, 5) is 13.2. The molecule has 1 aromatic carbocycles. The zero-order valence-corrected chi connectivity index (χ0v) is 14.5. The van der Waals surface area contributed by atoms with Crippen LogP contribution in [0.1, 0.15) is 28.1 Å². The lowest BCUT2D eigenvalue weighted by atomic mass is 10.2. The molecule has 23 heavy (non-hydrogen) atoms. The van der Waals surface area contributed by atoms with Crippen LogP contribution in [0.5, 0.6) is 0 Å². The number of halogens is 1. The Bertz CT molecular complexity index is 829. The van der Waals surface area contributed by atoms with Gasteiger partial charge in [0.15, 0.2) is 0 Å². The van der Waals surface area contributed by atoms with Crippen LogP contribution in [0.3, 0.4) is 0 Å². The summed E-state index contributed by atoms with van der Waals surface area (Å²) >= 11 is 7.23. The zero-order valence-electron chi connectivity index (χ0n) is 12.1. The predicted molar refractivity (Wildman–Crippen MR) is 90.3 cm³/mol. The highest BCUT2D eigenvalue weighted by atomic mass is 35.5. The van der Waals surface area contributed by atoms with E-state index in [1.165, 1.54) is 23.5 Å². The van der Waals surface area contributed by atoms with Crippen molar-refractivity contribution >= 4 is 38.9 Å². The van der Waals surface area contributed by atoms with Gasteiger partial charge in [-0.3, -0.25) is 4.79 Å². The third-order valence-electron chi connectivity index (χ3n) is 3.36. The molecular weight excluding hydrogens is 356 g/mol. The summed E-state index contributed by atoms with van der Waals surface area (Å²) in [6, 6.07) is 9.67. The summed E-state index contributed by atoms with van der Waals surface area (Å²) in [6.45, 7) is 0.355. The van der Waals surface area contributed by atoms with Crippen molar-refractivity contribution in [2.24, 2.45) is 0 Å². The first kappa shape index (κ1) is 16.4. The first-order valence-electron chi connectivity index (χ1n) is 7.09. The van der Waals surface area contributed by atoms with E-state index in [-0.39, 0.29) is 16.8 Å². The number of carbonyl (C=O) groups is 1. The van der Waals surface area contributed by atoms with Crippen molar-refractivity contribution in [2.75, 3.05) is 0 Å². The van der Waals surface area contributed by atoms with E-state index in [0.29, 0.717) is 16.4 Å². The molecule has 1 fully saturated rings. The van der Waals surface area contributed by atoms with E-state index in [1.54, 1.807) is 18.2 Å². The van der Waals surface area contributed by atoms with Gasteiger partial charge in [-0.05, 0) is 43.2 Å². The lowest BCUT2D eigenvalue weighted by Gasteiger charge is -2.08. The van der Waals surface area contributed by atoms with Crippen molar-refractivity contribution in [1.29, 1.82) is 0 Å². The maximum absolute atomic E-state index is 12.2. The maximum Gasteiger partial charge on any atom is 0.251 e. The van der Waals surface area contributed by atoms with Gasteiger partial charge in [0, 0.05) is 16.5 Å². The molecular formula is C15H15ClN2O3S2. The molecule has 5 nitrogen and oxygen atoms in total. The van der Waals surface area contributed by atoms with Crippen LogP contribution >= 0.6 is 22.9 Å². The maximum atomic E-state index is 12.2. The molecule has 1 aliphatic carbocycles. The molecule has 0 bridgehead atoms. The summed E-state index contributed by atoms with van der Waals surface area (Å²) in [5, 5.41) is 2.76. The molecule has 1 aromatic heterocycles. The third-order valence-corrected chi connectivity index (χ3v) is 6.11. The summed E-state index contributed by atoms with van der Waals surface area (Å²) in [5.74, 6) is -0.321. The second-order valence-corrected chi connectivity index (χ2v) is 8.83. The largest absolute Gasteiger partial charge is 0.347 e. The van der Waals surface area contributed by atoms with Gasteiger partial charge in [0.1, 0.15) is 0 Å². The molecule has 3 rings (SSSR count). The number of thiophene rings is 1. The molecule has 0 atom stereocenters. The van der Waals surface area contributed by atoms with E-state index < -0.39 is 10.0 Å². The highest BCUT2D eigenvalue weighted by molar-refractivity contribution is 7.89. The minimum atomic E-state index is -3.56. The lowest BCUT2D eigenvalue weighted by molar-refractivity contribution is 0.0951. The van der Waals surface area contributed by atoms with Gasteiger partial charge in [0.2, 0.25) is 10.0 Å². The molecule has 0 radical (unpaired) electrons. The molecule has 2 aromatic rings.